The summed E-state index contributed by atoms with van der Waals surface area (Å²) in [7, 11) is 1.65. The van der Waals surface area contributed by atoms with Crippen molar-refractivity contribution in [3.8, 4) is 11.5 Å². The van der Waals surface area contributed by atoms with Crippen LogP contribution in [0.15, 0.2) is 24.3 Å². The first-order valence-electron chi connectivity index (χ1n) is 3.82. The Kier molecular flexibility index (Phi) is 11.8. The second kappa shape index (κ2) is 10.3. The van der Waals surface area contributed by atoms with E-state index in [4.69, 9.17) is 15.2 Å². The van der Waals surface area contributed by atoms with Crippen molar-refractivity contribution in [1.29, 1.82) is 0 Å². The van der Waals surface area contributed by atoms with E-state index in [-0.39, 0.29) is 42.5 Å². The molecule has 15 heavy (non-hydrogen) atoms. The number of aromatic hydroxyl groups is 2. The van der Waals surface area contributed by atoms with Gasteiger partial charge in [0.1, 0.15) is 0 Å². The summed E-state index contributed by atoms with van der Waals surface area (Å²) in [5.41, 5.74) is 0. The molecule has 0 spiro atoms. The summed E-state index contributed by atoms with van der Waals surface area (Å²) in [5.74, 6) is -0.153. The van der Waals surface area contributed by atoms with Gasteiger partial charge < -0.3 is 26.0 Å². The molecule has 0 atom stereocenters. The molecule has 0 amide bonds. The molecule has 0 aromatic heterocycles. The third-order valence-corrected chi connectivity index (χ3v) is 1.29. The number of hydrogen-bond donors (Lipinski definition) is 3. The summed E-state index contributed by atoms with van der Waals surface area (Å²) in [6, 6.07) is 6.15. The van der Waals surface area contributed by atoms with E-state index < -0.39 is 7.32 Å². The predicted octanol–water partition coefficient (Wildman–Crippen LogP) is -2.53. The van der Waals surface area contributed by atoms with E-state index in [9.17, 15) is 0 Å². The minimum absolute atomic E-state index is 0. The van der Waals surface area contributed by atoms with Gasteiger partial charge in [-0.15, -0.1) is 0 Å². The van der Waals surface area contributed by atoms with Crippen molar-refractivity contribution in [3.05, 3.63) is 24.3 Å². The third-order valence-electron chi connectivity index (χ3n) is 1.29. The van der Waals surface area contributed by atoms with Gasteiger partial charge in [-0.2, -0.15) is 0 Å². The molecular weight excluding hydrogens is 210 g/mol. The average molecular weight is 224 g/mol. The first kappa shape index (κ1) is 17.2. The first-order chi connectivity index (χ1) is 6.61. The van der Waals surface area contributed by atoms with Crippen LogP contribution in [0.3, 0.4) is 0 Å². The number of rotatable bonds is 2. The Labute approximate surface area is 113 Å². The van der Waals surface area contributed by atoms with Crippen LogP contribution in [0.4, 0.5) is 0 Å². The van der Waals surface area contributed by atoms with Gasteiger partial charge in [0, 0.05) is 14.2 Å². The van der Waals surface area contributed by atoms with E-state index in [0.29, 0.717) is 0 Å². The summed E-state index contributed by atoms with van der Waals surface area (Å²) in [5, 5.41) is 25.6. The van der Waals surface area contributed by atoms with Crippen LogP contribution in [0.25, 0.3) is 0 Å². The molecule has 1 aromatic rings. The van der Waals surface area contributed by atoms with Crippen molar-refractivity contribution in [2.24, 2.45) is 0 Å². The monoisotopic (exact) mass is 224 g/mol. The molecule has 0 heterocycles. The van der Waals surface area contributed by atoms with Crippen LogP contribution < -0.4 is 29.6 Å². The van der Waals surface area contributed by atoms with E-state index >= 15 is 0 Å². The van der Waals surface area contributed by atoms with Gasteiger partial charge in [0.2, 0.25) is 0 Å². The SMILES string of the molecule is COB(O)OC.Oc1ccccc1O.[H-].[Na+]. The van der Waals surface area contributed by atoms with Crippen LogP contribution in [0.2, 0.25) is 0 Å². The molecule has 0 aliphatic carbocycles. The summed E-state index contributed by atoms with van der Waals surface area (Å²) in [4.78, 5) is 0. The van der Waals surface area contributed by atoms with Crippen molar-refractivity contribution < 1.29 is 55.5 Å². The van der Waals surface area contributed by atoms with Gasteiger partial charge in [-0.1, -0.05) is 12.1 Å². The Bertz CT molecular complexity index is 241. The maximum atomic E-state index is 8.67. The van der Waals surface area contributed by atoms with Crippen LogP contribution in [0, 0.1) is 0 Å². The zero-order valence-corrected chi connectivity index (χ0v) is 11.0. The molecule has 0 fully saturated rings. The first-order valence-corrected chi connectivity index (χ1v) is 3.82. The molecule has 0 radical (unpaired) electrons. The number of phenolic OH excluding ortho intramolecular Hbond substituents is 2. The molecule has 7 heteroatoms. The predicted molar refractivity (Wildman–Crippen MR) is 52.9 cm³/mol. The number of phenols is 2. The van der Waals surface area contributed by atoms with Crippen LogP contribution in [-0.4, -0.2) is 36.8 Å². The molecule has 0 saturated heterocycles. The summed E-state index contributed by atoms with van der Waals surface area (Å²) >= 11 is 0. The topological polar surface area (TPSA) is 79.2 Å². The van der Waals surface area contributed by atoms with Crippen molar-refractivity contribution in [3.63, 3.8) is 0 Å². The minimum Gasteiger partial charge on any atom is -1.00 e. The second-order valence-electron chi connectivity index (χ2n) is 2.27. The molecule has 0 aliphatic rings. The van der Waals surface area contributed by atoms with Crippen molar-refractivity contribution in [2.45, 2.75) is 0 Å². The summed E-state index contributed by atoms with van der Waals surface area (Å²) in [6.45, 7) is 0. The van der Waals surface area contributed by atoms with Gasteiger partial charge in [-0.25, -0.2) is 0 Å². The average Bonchev–Trinajstić information content (AvgIpc) is 2.22. The fourth-order valence-electron chi connectivity index (χ4n) is 0.560. The van der Waals surface area contributed by atoms with Crippen molar-refractivity contribution in [1.82, 2.24) is 0 Å². The molecule has 80 valence electrons. The van der Waals surface area contributed by atoms with E-state index in [1.807, 2.05) is 0 Å². The molecular formula is C8H14BNaO5. The quantitative estimate of drug-likeness (QED) is 0.381. The third kappa shape index (κ3) is 8.74. The molecule has 5 nitrogen and oxygen atoms in total. The van der Waals surface area contributed by atoms with Crippen molar-refractivity contribution in [2.75, 3.05) is 14.2 Å². The Hall–Kier alpha value is -0.235. The molecule has 0 saturated carbocycles. The van der Waals surface area contributed by atoms with Crippen LogP contribution in [0.1, 0.15) is 1.43 Å². The zero-order valence-electron chi connectivity index (χ0n) is 10.0. The molecule has 1 aromatic carbocycles. The number of para-hydroxylation sites is 2. The fraction of sp³-hybridized carbons (Fsp3) is 0.250. The van der Waals surface area contributed by atoms with E-state index in [2.05, 4.69) is 9.31 Å². The summed E-state index contributed by atoms with van der Waals surface area (Å²) in [6.07, 6.45) is 0. The molecule has 0 unspecified atom stereocenters. The number of benzene rings is 1. The molecule has 0 bridgehead atoms. The second-order valence-corrected chi connectivity index (χ2v) is 2.27. The normalized spacial score (nSPS) is 8.20. The Morgan fingerprint density at radius 3 is 1.53 bits per heavy atom. The largest absolute Gasteiger partial charge is 1.00 e. The molecule has 0 aliphatic heterocycles. The summed E-state index contributed by atoms with van der Waals surface area (Å²) < 4.78 is 8.47. The zero-order chi connectivity index (χ0) is 11.0. The Morgan fingerprint density at radius 1 is 1.07 bits per heavy atom. The van der Waals surface area contributed by atoms with Crippen LogP contribution in [-0.2, 0) is 9.31 Å². The van der Waals surface area contributed by atoms with Gasteiger partial charge in [0.05, 0.1) is 0 Å². The Morgan fingerprint density at radius 2 is 1.40 bits per heavy atom. The maximum absolute atomic E-state index is 8.67. The van der Waals surface area contributed by atoms with E-state index in [1.54, 1.807) is 12.1 Å². The van der Waals surface area contributed by atoms with E-state index in [0.717, 1.165) is 0 Å². The smallest absolute Gasteiger partial charge is 1.00 e. The van der Waals surface area contributed by atoms with Gasteiger partial charge >= 0.3 is 36.9 Å². The van der Waals surface area contributed by atoms with Crippen molar-refractivity contribution >= 4 is 7.32 Å². The van der Waals surface area contributed by atoms with Crippen LogP contribution in [0.5, 0.6) is 11.5 Å². The fourth-order valence-corrected chi connectivity index (χ4v) is 0.560. The standard InChI is InChI=1S/C6H6O2.C2H7BO3.Na.H/c7-5-3-1-2-4-6(5)8;1-5-3(4)6-2;;/h1-4,7-8H;4H,1-2H3;;/q;;+1;-1. The number of hydrogen-bond acceptors (Lipinski definition) is 5. The van der Waals surface area contributed by atoms with Gasteiger partial charge in [0.25, 0.3) is 0 Å². The molecule has 3 N–H and O–H groups in total. The maximum Gasteiger partial charge on any atom is 1.00 e. The van der Waals surface area contributed by atoms with Gasteiger partial charge in [-0.05, 0) is 12.1 Å². The van der Waals surface area contributed by atoms with Crippen LogP contribution >= 0.6 is 0 Å². The van der Waals surface area contributed by atoms with Gasteiger partial charge in [-0.3, -0.25) is 0 Å². The Balaban J connectivity index is -0.000000195. The van der Waals surface area contributed by atoms with E-state index in [1.165, 1.54) is 26.4 Å². The van der Waals surface area contributed by atoms with Gasteiger partial charge in [0.15, 0.2) is 11.5 Å². The molecule has 1 rings (SSSR count). The minimum atomic E-state index is -1.06.